The minimum atomic E-state index is -4.10. The molecule has 0 saturated carbocycles. The molecule has 3 nitrogen and oxygen atoms in total. The molecule has 0 atom stereocenters. The van der Waals surface area contributed by atoms with Gasteiger partial charge in [-0.1, -0.05) is 6.07 Å². The summed E-state index contributed by atoms with van der Waals surface area (Å²) in [5.41, 5.74) is 6.21. The number of hydrogen-bond donors (Lipinski definition) is 1. The van der Waals surface area contributed by atoms with Crippen LogP contribution in [-0.2, 0) is 4.74 Å². The van der Waals surface area contributed by atoms with Gasteiger partial charge in [0.15, 0.2) is 0 Å². The molecule has 2 N–H and O–H groups in total. The number of rotatable bonds is 8. The molecule has 6 heteroatoms. The van der Waals surface area contributed by atoms with Crippen molar-refractivity contribution in [2.75, 3.05) is 25.6 Å². The summed E-state index contributed by atoms with van der Waals surface area (Å²) < 4.78 is 46.0. The van der Waals surface area contributed by atoms with E-state index in [1.165, 1.54) is 0 Å². The van der Waals surface area contributed by atoms with Gasteiger partial charge in [0.25, 0.3) is 0 Å². The zero-order chi connectivity index (χ0) is 14.1. The lowest BCUT2D eigenvalue weighted by atomic mass is 10.3. The van der Waals surface area contributed by atoms with E-state index in [9.17, 15) is 13.2 Å². The molecule has 0 spiro atoms. The van der Waals surface area contributed by atoms with Crippen molar-refractivity contribution in [3.8, 4) is 5.75 Å². The molecule has 19 heavy (non-hydrogen) atoms. The van der Waals surface area contributed by atoms with Gasteiger partial charge in [0.2, 0.25) is 0 Å². The number of ether oxygens (including phenoxy) is 2. The van der Waals surface area contributed by atoms with Crippen molar-refractivity contribution in [1.82, 2.24) is 0 Å². The summed E-state index contributed by atoms with van der Waals surface area (Å²) in [6, 6.07) is 7.06. The SMILES string of the molecule is Nc1cccc(OCCCOCCCC(F)(F)F)c1. The molecule has 0 amide bonds. The maximum Gasteiger partial charge on any atom is 0.389 e. The third kappa shape index (κ3) is 8.31. The van der Waals surface area contributed by atoms with Crippen LogP contribution < -0.4 is 10.5 Å². The molecule has 1 aromatic carbocycles. The van der Waals surface area contributed by atoms with Gasteiger partial charge in [-0.3, -0.25) is 0 Å². The first-order valence-corrected chi connectivity index (χ1v) is 6.10. The van der Waals surface area contributed by atoms with Crippen LogP contribution in [0.2, 0.25) is 0 Å². The molecule has 0 saturated heterocycles. The molecule has 0 radical (unpaired) electrons. The largest absolute Gasteiger partial charge is 0.493 e. The monoisotopic (exact) mass is 277 g/mol. The highest BCUT2D eigenvalue weighted by molar-refractivity contribution is 5.43. The van der Waals surface area contributed by atoms with Gasteiger partial charge in [0, 0.05) is 37.8 Å². The minimum absolute atomic E-state index is 0.000421. The Labute approximate surface area is 110 Å². The first kappa shape index (κ1) is 15.6. The first-order valence-electron chi connectivity index (χ1n) is 6.10. The van der Waals surface area contributed by atoms with Crippen molar-refractivity contribution in [1.29, 1.82) is 0 Å². The second kappa shape index (κ2) is 7.89. The average molecular weight is 277 g/mol. The van der Waals surface area contributed by atoms with Crippen molar-refractivity contribution >= 4 is 5.69 Å². The third-order valence-electron chi connectivity index (χ3n) is 2.31. The lowest BCUT2D eigenvalue weighted by molar-refractivity contribution is -0.137. The Kier molecular flexibility index (Phi) is 6.49. The summed E-state index contributed by atoms with van der Waals surface area (Å²) in [5.74, 6) is 0.678. The van der Waals surface area contributed by atoms with E-state index in [1.807, 2.05) is 0 Å². The Morgan fingerprint density at radius 1 is 1.05 bits per heavy atom. The van der Waals surface area contributed by atoms with Gasteiger partial charge in [-0.15, -0.1) is 0 Å². The first-order chi connectivity index (χ1) is 8.97. The van der Waals surface area contributed by atoms with Crippen LogP contribution >= 0.6 is 0 Å². The zero-order valence-corrected chi connectivity index (χ0v) is 10.6. The molecule has 0 aliphatic carbocycles. The van der Waals surface area contributed by atoms with Gasteiger partial charge >= 0.3 is 6.18 Å². The molecule has 108 valence electrons. The Morgan fingerprint density at radius 3 is 2.47 bits per heavy atom. The van der Waals surface area contributed by atoms with Crippen LogP contribution in [0, 0.1) is 0 Å². The van der Waals surface area contributed by atoms with Crippen LogP contribution in [0.4, 0.5) is 18.9 Å². The highest BCUT2D eigenvalue weighted by Gasteiger charge is 2.25. The van der Waals surface area contributed by atoms with Crippen molar-refractivity contribution in [3.63, 3.8) is 0 Å². The van der Waals surface area contributed by atoms with E-state index in [4.69, 9.17) is 15.2 Å². The molecule has 1 rings (SSSR count). The Hall–Kier alpha value is -1.43. The van der Waals surface area contributed by atoms with Gasteiger partial charge in [-0.25, -0.2) is 0 Å². The number of anilines is 1. The standard InChI is InChI=1S/C13H18F3NO2/c14-13(15,16)6-2-7-18-8-3-9-19-12-5-1-4-11(17)10-12/h1,4-5,10H,2-3,6-9,17H2. The highest BCUT2D eigenvalue weighted by Crippen LogP contribution is 2.21. The van der Waals surface area contributed by atoms with Gasteiger partial charge < -0.3 is 15.2 Å². The smallest absolute Gasteiger partial charge is 0.389 e. The van der Waals surface area contributed by atoms with E-state index in [1.54, 1.807) is 24.3 Å². The lowest BCUT2D eigenvalue weighted by Crippen LogP contribution is -2.09. The quantitative estimate of drug-likeness (QED) is 0.585. The van der Waals surface area contributed by atoms with Gasteiger partial charge in [-0.2, -0.15) is 13.2 Å². The summed E-state index contributed by atoms with van der Waals surface area (Å²) >= 11 is 0. The van der Waals surface area contributed by atoms with Crippen LogP contribution in [0.5, 0.6) is 5.75 Å². The molecule has 0 bridgehead atoms. The third-order valence-corrected chi connectivity index (χ3v) is 2.31. The summed E-state index contributed by atoms with van der Waals surface area (Å²) in [7, 11) is 0. The van der Waals surface area contributed by atoms with Crippen LogP contribution in [0.3, 0.4) is 0 Å². The predicted molar refractivity (Wildman–Crippen MR) is 67.1 cm³/mol. The van der Waals surface area contributed by atoms with E-state index in [0.29, 0.717) is 31.1 Å². The number of hydrogen-bond acceptors (Lipinski definition) is 3. The lowest BCUT2D eigenvalue weighted by Gasteiger charge is -2.08. The maximum absolute atomic E-state index is 11.8. The average Bonchev–Trinajstić information content (AvgIpc) is 2.31. The molecular weight excluding hydrogens is 259 g/mol. The van der Waals surface area contributed by atoms with Crippen LogP contribution in [0.1, 0.15) is 19.3 Å². The fraction of sp³-hybridized carbons (Fsp3) is 0.538. The molecule has 0 aliphatic heterocycles. The van der Waals surface area contributed by atoms with E-state index in [0.717, 1.165) is 0 Å². The number of nitrogen functional groups attached to an aromatic ring is 1. The Balaban J connectivity index is 1.97. The van der Waals surface area contributed by atoms with Gasteiger partial charge in [0.05, 0.1) is 6.61 Å². The molecule has 1 aromatic rings. The number of benzene rings is 1. The van der Waals surface area contributed by atoms with E-state index in [2.05, 4.69) is 0 Å². The van der Waals surface area contributed by atoms with E-state index in [-0.39, 0.29) is 13.0 Å². The summed E-state index contributed by atoms with van der Waals surface area (Å²) in [4.78, 5) is 0. The van der Waals surface area contributed by atoms with Crippen molar-refractivity contribution in [2.45, 2.75) is 25.4 Å². The van der Waals surface area contributed by atoms with Crippen LogP contribution in [0.25, 0.3) is 0 Å². The minimum Gasteiger partial charge on any atom is -0.493 e. The number of nitrogens with two attached hydrogens (primary N) is 1. The molecule has 0 aromatic heterocycles. The van der Waals surface area contributed by atoms with Crippen molar-refractivity contribution < 1.29 is 22.6 Å². The van der Waals surface area contributed by atoms with Gasteiger partial charge in [-0.05, 0) is 18.6 Å². The summed E-state index contributed by atoms with van der Waals surface area (Å²) in [6.07, 6.45) is -4.27. The van der Waals surface area contributed by atoms with E-state index >= 15 is 0 Å². The van der Waals surface area contributed by atoms with Crippen LogP contribution in [-0.4, -0.2) is 26.0 Å². The fourth-order valence-electron chi connectivity index (χ4n) is 1.43. The van der Waals surface area contributed by atoms with E-state index < -0.39 is 12.6 Å². The predicted octanol–water partition coefficient (Wildman–Crippen LogP) is 3.40. The van der Waals surface area contributed by atoms with Crippen LogP contribution in [0.15, 0.2) is 24.3 Å². The summed E-state index contributed by atoms with van der Waals surface area (Å²) in [6.45, 7) is 0.959. The number of halogens is 3. The molecule has 0 heterocycles. The highest BCUT2D eigenvalue weighted by atomic mass is 19.4. The zero-order valence-electron chi connectivity index (χ0n) is 10.6. The maximum atomic E-state index is 11.8. The Morgan fingerprint density at radius 2 is 1.79 bits per heavy atom. The van der Waals surface area contributed by atoms with Crippen molar-refractivity contribution in [2.24, 2.45) is 0 Å². The molecule has 0 unspecified atom stereocenters. The molecule has 0 fully saturated rings. The molecule has 0 aliphatic rings. The van der Waals surface area contributed by atoms with Crippen molar-refractivity contribution in [3.05, 3.63) is 24.3 Å². The van der Waals surface area contributed by atoms with Gasteiger partial charge in [0.1, 0.15) is 5.75 Å². The Bertz CT molecular complexity index is 369. The molecular formula is C13H18F3NO2. The number of alkyl halides is 3. The fourth-order valence-corrected chi connectivity index (χ4v) is 1.43. The second-order valence-electron chi connectivity index (χ2n) is 4.11. The topological polar surface area (TPSA) is 44.5 Å². The summed E-state index contributed by atoms with van der Waals surface area (Å²) in [5, 5.41) is 0. The second-order valence-corrected chi connectivity index (χ2v) is 4.11. The normalized spacial score (nSPS) is 11.5.